The van der Waals surface area contributed by atoms with E-state index in [9.17, 15) is 0 Å². The van der Waals surface area contributed by atoms with Crippen molar-refractivity contribution in [3.05, 3.63) is 11.8 Å². The molecule has 0 rings (SSSR count). The maximum atomic E-state index is 4.10. The van der Waals surface area contributed by atoms with Crippen LogP contribution in [0.25, 0.3) is 0 Å². The van der Waals surface area contributed by atoms with E-state index in [1.54, 1.807) is 0 Å². The molecule has 0 aromatic heterocycles. The first-order chi connectivity index (χ1) is 5.94. The molecule has 0 bridgehead atoms. The normalized spacial score (nSPS) is 12.2. The first-order valence-corrected chi connectivity index (χ1v) is 8.53. The molecular weight excluding hydrogens is 174 g/mol. The van der Waals surface area contributed by atoms with Gasteiger partial charge in [-0.05, 0) is 32.6 Å². The van der Waals surface area contributed by atoms with Gasteiger partial charge in [0.1, 0.15) is 0 Å². The van der Waals surface area contributed by atoms with Gasteiger partial charge in [-0.2, -0.15) is 0 Å². The van der Waals surface area contributed by atoms with E-state index in [4.69, 9.17) is 0 Å². The van der Waals surface area contributed by atoms with Crippen LogP contribution < -0.4 is 0 Å². The second kappa shape index (κ2) is 5.61. The average molecular weight is 199 g/mol. The first kappa shape index (κ1) is 12.9. The molecule has 0 fully saturated rings. The summed E-state index contributed by atoms with van der Waals surface area (Å²) in [7, 11) is -1.11. The highest BCUT2D eigenvalue weighted by atomic mass is 28.3. The maximum absolute atomic E-state index is 4.10. The molecule has 0 aromatic rings. The molecule has 0 N–H and O–H groups in total. The largest absolute Gasteiger partial charge is 0.304 e. The van der Waals surface area contributed by atoms with Crippen LogP contribution in [-0.4, -0.2) is 32.6 Å². The molecule has 2 heteroatoms. The van der Waals surface area contributed by atoms with E-state index in [0.717, 1.165) is 0 Å². The van der Waals surface area contributed by atoms with Crippen LogP contribution >= 0.6 is 0 Å². The summed E-state index contributed by atoms with van der Waals surface area (Å²) in [4.78, 5) is 2.50. The molecule has 0 aromatic carbocycles. The summed E-state index contributed by atoms with van der Waals surface area (Å²) < 4.78 is 0. The predicted molar refractivity (Wildman–Crippen MR) is 64.9 cm³/mol. The summed E-state index contributed by atoms with van der Waals surface area (Å²) in [5.74, 6) is 0. The van der Waals surface area contributed by atoms with Crippen LogP contribution in [0.4, 0.5) is 0 Å². The molecule has 0 spiro atoms. The molecule has 0 radical (unpaired) electrons. The average Bonchev–Trinajstić information content (AvgIpc) is 2.06. The van der Waals surface area contributed by atoms with Gasteiger partial charge in [0.2, 0.25) is 0 Å². The van der Waals surface area contributed by atoms with E-state index < -0.39 is 8.07 Å². The third kappa shape index (κ3) is 4.63. The van der Waals surface area contributed by atoms with Gasteiger partial charge < -0.3 is 4.90 Å². The zero-order chi connectivity index (χ0) is 10.5. The van der Waals surface area contributed by atoms with Gasteiger partial charge in [-0.25, -0.2) is 0 Å². The van der Waals surface area contributed by atoms with E-state index in [1.165, 1.54) is 30.9 Å². The summed E-state index contributed by atoms with van der Waals surface area (Å²) in [6.07, 6.45) is 0. The molecule has 0 heterocycles. The van der Waals surface area contributed by atoms with E-state index in [1.807, 2.05) is 0 Å². The SMILES string of the molecule is C=C(C)[Si](C)(C)CCN(CC)CC. The number of hydrogen-bond acceptors (Lipinski definition) is 1. The van der Waals surface area contributed by atoms with Crippen molar-refractivity contribution < 1.29 is 0 Å². The lowest BCUT2D eigenvalue weighted by Gasteiger charge is -2.26. The van der Waals surface area contributed by atoms with Crippen molar-refractivity contribution in [1.82, 2.24) is 4.90 Å². The Morgan fingerprint density at radius 3 is 2.00 bits per heavy atom. The molecule has 0 atom stereocenters. The Bertz CT molecular complexity index is 159. The second-order valence-electron chi connectivity index (χ2n) is 4.44. The zero-order valence-electron chi connectivity index (χ0n) is 9.98. The first-order valence-electron chi connectivity index (χ1n) is 5.32. The van der Waals surface area contributed by atoms with Crippen molar-refractivity contribution in [1.29, 1.82) is 0 Å². The van der Waals surface area contributed by atoms with Gasteiger partial charge in [-0.3, -0.25) is 0 Å². The highest BCUT2D eigenvalue weighted by Gasteiger charge is 2.21. The molecule has 0 aliphatic heterocycles. The standard InChI is InChI=1S/C11H25NSi/c1-7-12(8-2)9-10-13(5,6)11(3)4/h3,7-10H2,1-2,4-6H3. The van der Waals surface area contributed by atoms with Crippen LogP contribution in [0.1, 0.15) is 20.8 Å². The zero-order valence-corrected chi connectivity index (χ0v) is 11.0. The Morgan fingerprint density at radius 1 is 1.23 bits per heavy atom. The lowest BCUT2D eigenvalue weighted by atomic mass is 10.5. The fraction of sp³-hybridized carbons (Fsp3) is 0.818. The summed E-state index contributed by atoms with van der Waals surface area (Å²) >= 11 is 0. The lowest BCUT2D eigenvalue weighted by Crippen LogP contribution is -2.34. The molecular formula is C11H25NSi. The summed E-state index contributed by atoms with van der Waals surface area (Å²) in [6, 6.07) is 1.35. The molecule has 0 unspecified atom stereocenters. The highest BCUT2D eigenvalue weighted by Crippen LogP contribution is 2.17. The Kier molecular flexibility index (Phi) is 5.57. The monoisotopic (exact) mass is 199 g/mol. The van der Waals surface area contributed by atoms with Gasteiger partial charge in [0.25, 0.3) is 0 Å². The molecule has 13 heavy (non-hydrogen) atoms. The fourth-order valence-electron chi connectivity index (χ4n) is 1.19. The summed E-state index contributed by atoms with van der Waals surface area (Å²) in [5.41, 5.74) is 0. The maximum Gasteiger partial charge on any atom is 0.0755 e. The van der Waals surface area contributed by atoms with E-state index >= 15 is 0 Å². The Labute approximate surface area is 84.8 Å². The Morgan fingerprint density at radius 2 is 1.69 bits per heavy atom. The molecule has 0 saturated heterocycles. The predicted octanol–water partition coefficient (Wildman–Crippen LogP) is 3.15. The van der Waals surface area contributed by atoms with Crippen LogP contribution in [0.3, 0.4) is 0 Å². The van der Waals surface area contributed by atoms with E-state index in [2.05, 4.69) is 45.3 Å². The number of hydrogen-bond donors (Lipinski definition) is 0. The minimum atomic E-state index is -1.11. The van der Waals surface area contributed by atoms with Crippen molar-refractivity contribution >= 4 is 8.07 Å². The van der Waals surface area contributed by atoms with Crippen molar-refractivity contribution in [3.8, 4) is 0 Å². The molecule has 0 aliphatic rings. The van der Waals surface area contributed by atoms with Gasteiger partial charge in [-0.15, -0.1) is 6.58 Å². The summed E-state index contributed by atoms with van der Waals surface area (Å²) in [6.45, 7) is 19.2. The van der Waals surface area contributed by atoms with Crippen molar-refractivity contribution in [2.75, 3.05) is 19.6 Å². The Hall–Kier alpha value is -0.0831. The third-order valence-electron chi connectivity index (χ3n) is 3.10. The van der Waals surface area contributed by atoms with Crippen LogP contribution in [0.5, 0.6) is 0 Å². The van der Waals surface area contributed by atoms with Crippen molar-refractivity contribution in [2.45, 2.75) is 39.9 Å². The smallest absolute Gasteiger partial charge is 0.0755 e. The van der Waals surface area contributed by atoms with Gasteiger partial charge in [0, 0.05) is 0 Å². The van der Waals surface area contributed by atoms with E-state index in [-0.39, 0.29) is 0 Å². The van der Waals surface area contributed by atoms with Crippen LogP contribution in [0.2, 0.25) is 19.1 Å². The molecule has 0 saturated carbocycles. The quantitative estimate of drug-likeness (QED) is 0.594. The van der Waals surface area contributed by atoms with Gasteiger partial charge >= 0.3 is 0 Å². The fourth-order valence-corrected chi connectivity index (χ4v) is 2.49. The van der Waals surface area contributed by atoms with Gasteiger partial charge in [0.15, 0.2) is 0 Å². The minimum absolute atomic E-state index is 1.11. The van der Waals surface area contributed by atoms with Crippen molar-refractivity contribution in [2.24, 2.45) is 0 Å². The van der Waals surface area contributed by atoms with Crippen LogP contribution in [-0.2, 0) is 0 Å². The lowest BCUT2D eigenvalue weighted by molar-refractivity contribution is 0.320. The topological polar surface area (TPSA) is 3.24 Å². The van der Waals surface area contributed by atoms with Crippen LogP contribution in [0, 0.1) is 0 Å². The van der Waals surface area contributed by atoms with Crippen molar-refractivity contribution in [3.63, 3.8) is 0 Å². The van der Waals surface area contributed by atoms with E-state index in [0.29, 0.717) is 0 Å². The number of nitrogens with zero attached hydrogens (tertiary/aromatic N) is 1. The number of allylic oxidation sites excluding steroid dienone is 1. The number of rotatable bonds is 6. The molecule has 1 nitrogen and oxygen atoms in total. The minimum Gasteiger partial charge on any atom is -0.304 e. The van der Waals surface area contributed by atoms with Gasteiger partial charge in [-0.1, -0.05) is 32.1 Å². The Balaban J connectivity index is 3.92. The molecule has 0 aliphatic carbocycles. The third-order valence-corrected chi connectivity index (χ3v) is 6.89. The molecule has 0 amide bonds. The van der Waals surface area contributed by atoms with Crippen LogP contribution in [0.15, 0.2) is 11.8 Å². The van der Waals surface area contributed by atoms with Gasteiger partial charge in [0.05, 0.1) is 8.07 Å². The summed E-state index contributed by atoms with van der Waals surface area (Å²) in [5, 5.41) is 1.43. The molecule has 78 valence electrons. The second-order valence-corrected chi connectivity index (χ2v) is 9.56. The highest BCUT2D eigenvalue weighted by molar-refractivity contribution is 6.84.